The maximum atomic E-state index is 10.7. The van der Waals surface area contributed by atoms with E-state index in [-0.39, 0.29) is 5.84 Å². The highest BCUT2D eigenvalue weighted by Gasteiger charge is 2.16. The third-order valence-electron chi connectivity index (χ3n) is 2.09. The van der Waals surface area contributed by atoms with E-state index in [1.807, 2.05) is 0 Å². The van der Waals surface area contributed by atoms with Gasteiger partial charge < -0.3 is 15.6 Å². The summed E-state index contributed by atoms with van der Waals surface area (Å²) in [4.78, 5) is 10.7. The van der Waals surface area contributed by atoms with Gasteiger partial charge in [0.2, 0.25) is 0 Å². The first-order chi connectivity index (χ1) is 7.54. The van der Waals surface area contributed by atoms with E-state index in [9.17, 15) is 4.79 Å². The van der Waals surface area contributed by atoms with Crippen LogP contribution in [-0.2, 0) is 4.79 Å². The number of benzene rings is 1. The summed E-state index contributed by atoms with van der Waals surface area (Å²) in [5.74, 6) is -0.561. The van der Waals surface area contributed by atoms with Crippen LogP contribution in [0.4, 0.5) is 0 Å². The zero-order chi connectivity index (χ0) is 12.1. The van der Waals surface area contributed by atoms with Crippen molar-refractivity contribution in [2.45, 2.75) is 19.4 Å². The molecule has 0 aliphatic carbocycles. The number of ether oxygens (including phenoxy) is 1. The van der Waals surface area contributed by atoms with Gasteiger partial charge in [-0.25, -0.2) is 4.79 Å². The molecule has 1 aromatic rings. The van der Waals surface area contributed by atoms with E-state index in [1.54, 1.807) is 31.2 Å². The second-order valence-corrected chi connectivity index (χ2v) is 3.29. The van der Waals surface area contributed by atoms with Crippen molar-refractivity contribution in [1.82, 2.24) is 0 Å². The summed E-state index contributed by atoms with van der Waals surface area (Å²) in [6.07, 6.45) is -0.452. The van der Waals surface area contributed by atoms with E-state index >= 15 is 0 Å². The third kappa shape index (κ3) is 2.98. The Labute approximate surface area is 93.4 Å². The lowest BCUT2D eigenvalue weighted by Gasteiger charge is -2.13. The van der Waals surface area contributed by atoms with Gasteiger partial charge in [-0.05, 0) is 30.7 Å². The van der Waals surface area contributed by atoms with Gasteiger partial charge in [0, 0.05) is 5.56 Å². The highest BCUT2D eigenvalue weighted by molar-refractivity contribution is 5.94. The predicted molar refractivity (Wildman–Crippen MR) is 59.8 cm³/mol. The standard InChI is InChI=1S/C11H14N2O3/c1-2-9(11(14)15)16-8-5-3-7(4-6-8)10(12)13/h3-6,9H,2H2,1H3,(H3,12,13)(H,14,15)/t9-/m0/s1. The second-order valence-electron chi connectivity index (χ2n) is 3.29. The smallest absolute Gasteiger partial charge is 0.344 e. The fourth-order valence-electron chi connectivity index (χ4n) is 1.19. The molecule has 4 N–H and O–H groups in total. The average Bonchev–Trinajstić information content (AvgIpc) is 2.26. The van der Waals surface area contributed by atoms with Crippen LogP contribution in [0.25, 0.3) is 0 Å². The molecule has 5 heteroatoms. The first-order valence-corrected chi connectivity index (χ1v) is 4.88. The zero-order valence-electron chi connectivity index (χ0n) is 8.93. The number of amidine groups is 1. The fourth-order valence-corrected chi connectivity index (χ4v) is 1.19. The van der Waals surface area contributed by atoms with Crippen molar-refractivity contribution in [3.05, 3.63) is 29.8 Å². The highest BCUT2D eigenvalue weighted by Crippen LogP contribution is 2.14. The Kier molecular flexibility index (Phi) is 3.88. The van der Waals surface area contributed by atoms with E-state index in [4.69, 9.17) is 21.0 Å². The van der Waals surface area contributed by atoms with Gasteiger partial charge in [0.25, 0.3) is 0 Å². The molecule has 0 unspecified atom stereocenters. The normalized spacial score (nSPS) is 11.8. The van der Waals surface area contributed by atoms with Crippen molar-refractivity contribution >= 4 is 11.8 Å². The minimum absolute atomic E-state index is 0.0307. The molecule has 0 radical (unpaired) electrons. The number of carboxylic acids is 1. The molecule has 0 amide bonds. The highest BCUT2D eigenvalue weighted by atomic mass is 16.5. The molecule has 5 nitrogen and oxygen atoms in total. The second kappa shape index (κ2) is 5.16. The number of carbonyl (C=O) groups is 1. The first-order valence-electron chi connectivity index (χ1n) is 4.88. The molecular weight excluding hydrogens is 208 g/mol. The number of hydrogen-bond acceptors (Lipinski definition) is 3. The van der Waals surface area contributed by atoms with E-state index in [2.05, 4.69) is 0 Å². The Morgan fingerprint density at radius 1 is 1.50 bits per heavy atom. The number of hydrogen-bond donors (Lipinski definition) is 3. The van der Waals surface area contributed by atoms with Crippen LogP contribution in [0.2, 0.25) is 0 Å². The van der Waals surface area contributed by atoms with Crippen LogP contribution in [0.1, 0.15) is 18.9 Å². The molecule has 0 aromatic heterocycles. The molecule has 0 fully saturated rings. The van der Waals surface area contributed by atoms with Crippen LogP contribution in [0.3, 0.4) is 0 Å². The van der Waals surface area contributed by atoms with Crippen molar-refractivity contribution in [2.75, 3.05) is 0 Å². The van der Waals surface area contributed by atoms with Gasteiger partial charge in [-0.1, -0.05) is 6.92 Å². The average molecular weight is 222 g/mol. The molecule has 0 bridgehead atoms. The number of nitrogen functional groups attached to an aromatic ring is 1. The van der Waals surface area contributed by atoms with E-state index in [1.165, 1.54) is 0 Å². The van der Waals surface area contributed by atoms with Gasteiger partial charge in [-0.2, -0.15) is 0 Å². The first kappa shape index (κ1) is 12.0. The molecule has 16 heavy (non-hydrogen) atoms. The summed E-state index contributed by atoms with van der Waals surface area (Å²) in [6, 6.07) is 6.43. The zero-order valence-corrected chi connectivity index (χ0v) is 8.93. The van der Waals surface area contributed by atoms with Crippen LogP contribution in [0.15, 0.2) is 24.3 Å². The van der Waals surface area contributed by atoms with Crippen molar-refractivity contribution in [2.24, 2.45) is 5.73 Å². The van der Waals surface area contributed by atoms with Crippen LogP contribution < -0.4 is 10.5 Å². The molecule has 0 aliphatic rings. The van der Waals surface area contributed by atoms with E-state index < -0.39 is 12.1 Å². The lowest BCUT2D eigenvalue weighted by molar-refractivity contribution is -0.145. The van der Waals surface area contributed by atoms with Crippen LogP contribution in [0.5, 0.6) is 5.75 Å². The molecule has 0 aliphatic heterocycles. The fraction of sp³-hybridized carbons (Fsp3) is 0.273. The van der Waals surface area contributed by atoms with Crippen molar-refractivity contribution in [3.8, 4) is 5.75 Å². The monoisotopic (exact) mass is 222 g/mol. The van der Waals surface area contributed by atoms with E-state index in [0.717, 1.165) is 0 Å². The summed E-state index contributed by atoms with van der Waals surface area (Å²) >= 11 is 0. The number of carboxylic acid groups (broad SMARTS) is 1. The van der Waals surface area contributed by atoms with Gasteiger partial charge in [-0.15, -0.1) is 0 Å². The number of nitrogens with one attached hydrogen (secondary N) is 1. The summed E-state index contributed by atoms with van der Waals surface area (Å²) in [5, 5.41) is 16.0. The minimum Gasteiger partial charge on any atom is -0.479 e. The SMILES string of the molecule is CC[C@H](Oc1ccc(C(=N)N)cc1)C(=O)O. The maximum Gasteiger partial charge on any atom is 0.344 e. The van der Waals surface area contributed by atoms with Crippen LogP contribution in [0, 0.1) is 5.41 Å². The van der Waals surface area contributed by atoms with Crippen molar-refractivity contribution in [1.29, 1.82) is 5.41 Å². The van der Waals surface area contributed by atoms with Gasteiger partial charge >= 0.3 is 5.97 Å². The molecule has 0 saturated carbocycles. The molecule has 0 heterocycles. The maximum absolute atomic E-state index is 10.7. The lowest BCUT2D eigenvalue weighted by Crippen LogP contribution is -2.25. The molecule has 1 atom stereocenters. The molecule has 0 spiro atoms. The Bertz CT molecular complexity index is 387. The number of nitrogens with two attached hydrogens (primary N) is 1. The predicted octanol–water partition coefficient (Wildman–Crippen LogP) is 1.21. The molecule has 86 valence electrons. The topological polar surface area (TPSA) is 96.4 Å². The summed E-state index contributed by atoms with van der Waals surface area (Å²) < 4.78 is 5.25. The largest absolute Gasteiger partial charge is 0.479 e. The van der Waals surface area contributed by atoms with Crippen LogP contribution in [-0.4, -0.2) is 23.0 Å². The molecule has 1 aromatic carbocycles. The Hall–Kier alpha value is -2.04. The molecule has 0 saturated heterocycles. The third-order valence-corrected chi connectivity index (χ3v) is 2.09. The Morgan fingerprint density at radius 2 is 2.06 bits per heavy atom. The quantitative estimate of drug-likeness (QED) is 0.515. The molecular formula is C11H14N2O3. The van der Waals surface area contributed by atoms with Crippen LogP contribution >= 0.6 is 0 Å². The number of rotatable bonds is 5. The van der Waals surface area contributed by atoms with Gasteiger partial charge in [0.1, 0.15) is 11.6 Å². The van der Waals surface area contributed by atoms with Crippen molar-refractivity contribution < 1.29 is 14.6 Å². The Balaban J connectivity index is 2.75. The summed E-state index contributed by atoms with van der Waals surface area (Å²) in [5.41, 5.74) is 5.87. The van der Waals surface area contributed by atoms with Gasteiger partial charge in [0.15, 0.2) is 6.10 Å². The number of aliphatic carboxylic acids is 1. The lowest BCUT2D eigenvalue weighted by atomic mass is 10.2. The Morgan fingerprint density at radius 3 is 2.44 bits per heavy atom. The van der Waals surface area contributed by atoms with Gasteiger partial charge in [-0.3, -0.25) is 5.41 Å². The van der Waals surface area contributed by atoms with Gasteiger partial charge in [0.05, 0.1) is 0 Å². The summed E-state index contributed by atoms with van der Waals surface area (Å²) in [6.45, 7) is 1.74. The minimum atomic E-state index is -0.988. The van der Waals surface area contributed by atoms with Crippen molar-refractivity contribution in [3.63, 3.8) is 0 Å². The van der Waals surface area contributed by atoms with E-state index in [0.29, 0.717) is 17.7 Å². The molecule has 1 rings (SSSR count). The summed E-state index contributed by atoms with van der Waals surface area (Å²) in [7, 11) is 0.